The van der Waals surface area contributed by atoms with Crippen LogP contribution >= 0.6 is 0 Å². The molecule has 26 heavy (non-hydrogen) atoms. The topological polar surface area (TPSA) is 101 Å². The number of Topliss-reactive ketones (excluding diaryl/α,β-unsaturated/α-hetero) is 1. The second-order valence-corrected chi connectivity index (χ2v) is 9.08. The summed E-state index contributed by atoms with van der Waals surface area (Å²) in [4.78, 5) is 25.8. The van der Waals surface area contributed by atoms with Gasteiger partial charge in [-0.15, -0.1) is 0 Å². The highest BCUT2D eigenvalue weighted by Gasteiger charge is 2.41. The van der Waals surface area contributed by atoms with Gasteiger partial charge in [-0.3, -0.25) is 9.59 Å². The molecule has 2 aliphatic rings. The average molecular weight is 379 g/mol. The summed E-state index contributed by atoms with van der Waals surface area (Å²) in [5, 5.41) is 0. The molecule has 0 aromatic heterocycles. The third-order valence-corrected chi connectivity index (χ3v) is 7.26. The molecule has 1 saturated carbocycles. The summed E-state index contributed by atoms with van der Waals surface area (Å²) in [6.45, 7) is 2.64. The van der Waals surface area contributed by atoms with Crippen molar-refractivity contribution in [3.63, 3.8) is 0 Å². The second-order valence-electron chi connectivity index (χ2n) is 7.14. The molecule has 142 valence electrons. The first-order valence-electron chi connectivity index (χ1n) is 8.93. The Balaban J connectivity index is 1.67. The van der Waals surface area contributed by atoms with E-state index in [-0.39, 0.29) is 29.7 Å². The van der Waals surface area contributed by atoms with Crippen LogP contribution in [0.2, 0.25) is 0 Å². The average Bonchev–Trinajstić information content (AvgIpc) is 3.09. The lowest BCUT2D eigenvalue weighted by molar-refractivity contribution is -0.138. The van der Waals surface area contributed by atoms with Crippen LogP contribution < -0.4 is 5.73 Å². The first kappa shape index (κ1) is 19.0. The molecule has 1 aliphatic heterocycles. The summed E-state index contributed by atoms with van der Waals surface area (Å²) < 4.78 is 26.9. The third-order valence-electron chi connectivity index (χ3n) is 5.35. The number of ketones is 1. The van der Waals surface area contributed by atoms with Crippen LogP contribution in [0, 0.1) is 0 Å². The first-order chi connectivity index (χ1) is 12.2. The van der Waals surface area contributed by atoms with Crippen LogP contribution in [-0.4, -0.2) is 61.0 Å². The van der Waals surface area contributed by atoms with Crippen LogP contribution in [0.1, 0.15) is 43.0 Å². The van der Waals surface area contributed by atoms with Gasteiger partial charge in [-0.1, -0.05) is 25.0 Å². The molecule has 1 aromatic rings. The van der Waals surface area contributed by atoms with Gasteiger partial charge >= 0.3 is 0 Å². The van der Waals surface area contributed by atoms with E-state index in [1.165, 1.54) is 35.5 Å². The highest BCUT2D eigenvalue weighted by molar-refractivity contribution is 7.89. The number of amides is 1. The van der Waals surface area contributed by atoms with Crippen LogP contribution in [0.3, 0.4) is 0 Å². The van der Waals surface area contributed by atoms with Crippen LogP contribution in [-0.2, 0) is 14.8 Å². The Morgan fingerprint density at radius 1 is 1.00 bits per heavy atom. The second kappa shape index (κ2) is 7.09. The quantitative estimate of drug-likeness (QED) is 0.787. The molecule has 0 unspecified atom stereocenters. The Kier molecular flexibility index (Phi) is 5.18. The molecule has 2 N–H and O–H groups in total. The molecule has 0 atom stereocenters. The summed E-state index contributed by atoms with van der Waals surface area (Å²) in [7, 11) is -3.64. The van der Waals surface area contributed by atoms with Crippen molar-refractivity contribution >= 4 is 21.7 Å². The molecule has 0 bridgehead atoms. The molecule has 0 radical (unpaired) electrons. The zero-order valence-electron chi connectivity index (χ0n) is 15.0. The first-order valence-corrected chi connectivity index (χ1v) is 10.4. The highest BCUT2D eigenvalue weighted by atomic mass is 32.2. The van der Waals surface area contributed by atoms with Gasteiger partial charge in [0.2, 0.25) is 15.9 Å². The summed E-state index contributed by atoms with van der Waals surface area (Å²) in [6.07, 6.45) is 3.33. The van der Waals surface area contributed by atoms with Gasteiger partial charge in [0.15, 0.2) is 5.78 Å². The largest absolute Gasteiger partial charge is 0.338 e. The van der Waals surface area contributed by atoms with Crippen molar-refractivity contribution in [3.05, 3.63) is 29.8 Å². The van der Waals surface area contributed by atoms with Crippen LogP contribution in [0.25, 0.3) is 0 Å². The number of hydrogen-bond acceptors (Lipinski definition) is 5. The molecule has 7 nitrogen and oxygen atoms in total. The Morgan fingerprint density at radius 3 is 2.04 bits per heavy atom. The minimum absolute atomic E-state index is 0.0575. The van der Waals surface area contributed by atoms with E-state index < -0.39 is 15.6 Å². The smallest absolute Gasteiger partial charge is 0.243 e. The van der Waals surface area contributed by atoms with Crippen molar-refractivity contribution in [2.24, 2.45) is 5.73 Å². The van der Waals surface area contributed by atoms with Crippen molar-refractivity contribution in [2.75, 3.05) is 26.2 Å². The molecule has 1 saturated heterocycles. The SMILES string of the molecule is CC(=O)c1ccc(S(=O)(=O)N2CCN(C(=O)C3(N)CCCC3)CC2)cc1. The van der Waals surface area contributed by atoms with Gasteiger partial charge < -0.3 is 10.6 Å². The maximum absolute atomic E-state index is 12.8. The third kappa shape index (κ3) is 3.54. The van der Waals surface area contributed by atoms with Crippen LogP contribution in [0.5, 0.6) is 0 Å². The Hall–Kier alpha value is -1.77. The molecular formula is C18H25N3O4S. The zero-order valence-corrected chi connectivity index (χ0v) is 15.8. The monoisotopic (exact) mass is 379 g/mol. The lowest BCUT2D eigenvalue weighted by atomic mass is 9.97. The lowest BCUT2D eigenvalue weighted by Gasteiger charge is -2.37. The number of piperazine rings is 1. The minimum Gasteiger partial charge on any atom is -0.338 e. The summed E-state index contributed by atoms with van der Waals surface area (Å²) >= 11 is 0. The molecule has 1 heterocycles. The number of hydrogen-bond donors (Lipinski definition) is 1. The molecule has 2 fully saturated rings. The Labute approximate surface area is 154 Å². The number of nitrogens with zero attached hydrogens (tertiary/aromatic N) is 2. The van der Waals surface area contributed by atoms with Gasteiger partial charge in [-0.05, 0) is 31.9 Å². The minimum atomic E-state index is -3.64. The number of benzene rings is 1. The molecule has 1 aliphatic carbocycles. The van der Waals surface area contributed by atoms with E-state index in [4.69, 9.17) is 5.73 Å². The van der Waals surface area contributed by atoms with Crippen molar-refractivity contribution < 1.29 is 18.0 Å². The van der Waals surface area contributed by atoms with Crippen molar-refractivity contribution in [2.45, 2.75) is 43.0 Å². The predicted octanol–water partition coefficient (Wildman–Crippen LogP) is 0.994. The van der Waals surface area contributed by atoms with E-state index >= 15 is 0 Å². The van der Waals surface area contributed by atoms with E-state index in [0.29, 0.717) is 31.5 Å². The van der Waals surface area contributed by atoms with E-state index in [2.05, 4.69) is 0 Å². The summed E-state index contributed by atoms with van der Waals surface area (Å²) in [5.74, 6) is -0.165. The molecule has 1 aromatic carbocycles. The van der Waals surface area contributed by atoms with Gasteiger partial charge in [-0.2, -0.15) is 4.31 Å². The number of nitrogens with two attached hydrogens (primary N) is 1. The maximum Gasteiger partial charge on any atom is 0.243 e. The van der Waals surface area contributed by atoms with Gasteiger partial charge in [0.05, 0.1) is 10.4 Å². The molecule has 0 spiro atoms. The summed E-state index contributed by atoms with van der Waals surface area (Å²) in [6, 6.07) is 5.95. The Bertz CT molecular complexity index is 790. The van der Waals surface area contributed by atoms with Crippen molar-refractivity contribution in [1.82, 2.24) is 9.21 Å². The normalized spacial score (nSPS) is 20.9. The van der Waals surface area contributed by atoms with E-state index in [1.807, 2.05) is 0 Å². The van der Waals surface area contributed by atoms with Gasteiger partial charge in [0, 0.05) is 31.7 Å². The van der Waals surface area contributed by atoms with Gasteiger partial charge in [0.25, 0.3) is 0 Å². The van der Waals surface area contributed by atoms with Gasteiger partial charge in [-0.25, -0.2) is 8.42 Å². The lowest BCUT2D eigenvalue weighted by Crippen LogP contribution is -2.59. The molecule has 3 rings (SSSR count). The van der Waals surface area contributed by atoms with Crippen LogP contribution in [0.15, 0.2) is 29.2 Å². The Morgan fingerprint density at radius 2 is 1.54 bits per heavy atom. The number of carbonyl (C=O) groups excluding carboxylic acids is 2. The predicted molar refractivity (Wildman–Crippen MR) is 97.2 cm³/mol. The van der Waals surface area contributed by atoms with Crippen molar-refractivity contribution in [1.29, 1.82) is 0 Å². The van der Waals surface area contributed by atoms with E-state index in [1.54, 1.807) is 4.90 Å². The number of carbonyl (C=O) groups is 2. The number of rotatable bonds is 4. The van der Waals surface area contributed by atoms with E-state index in [9.17, 15) is 18.0 Å². The van der Waals surface area contributed by atoms with E-state index in [0.717, 1.165) is 12.8 Å². The fourth-order valence-corrected chi connectivity index (χ4v) is 5.10. The van der Waals surface area contributed by atoms with Gasteiger partial charge in [0.1, 0.15) is 0 Å². The number of sulfonamides is 1. The fourth-order valence-electron chi connectivity index (χ4n) is 3.68. The molecule has 8 heteroatoms. The van der Waals surface area contributed by atoms with Crippen LogP contribution in [0.4, 0.5) is 0 Å². The highest BCUT2D eigenvalue weighted by Crippen LogP contribution is 2.29. The maximum atomic E-state index is 12.8. The molecular weight excluding hydrogens is 354 g/mol. The fraction of sp³-hybridized carbons (Fsp3) is 0.556. The van der Waals surface area contributed by atoms with Crippen molar-refractivity contribution in [3.8, 4) is 0 Å². The summed E-state index contributed by atoms with van der Waals surface area (Å²) in [5.41, 5.74) is 5.93. The standard InChI is InChI=1S/C18H25N3O4S/c1-14(22)15-4-6-16(7-5-15)26(24,25)21-12-10-20(11-13-21)17(23)18(19)8-2-3-9-18/h4-7H,2-3,8-13,19H2,1H3. The molecule has 1 amide bonds. The zero-order chi connectivity index (χ0) is 18.9.